The summed E-state index contributed by atoms with van der Waals surface area (Å²) in [4.78, 5) is 21.0. The third kappa shape index (κ3) is 3.36. The van der Waals surface area contributed by atoms with Crippen molar-refractivity contribution >= 4 is 11.9 Å². The third-order valence-corrected chi connectivity index (χ3v) is 8.38. The zero-order chi connectivity index (χ0) is 23.2. The quantitative estimate of drug-likeness (QED) is 0.411. The summed E-state index contributed by atoms with van der Waals surface area (Å²) in [7, 11) is 1.77. The molecule has 2 N–H and O–H groups in total. The van der Waals surface area contributed by atoms with Crippen molar-refractivity contribution in [3.05, 3.63) is 29.3 Å². The van der Waals surface area contributed by atoms with Gasteiger partial charge in [-0.25, -0.2) is 4.99 Å². The van der Waals surface area contributed by atoms with Gasteiger partial charge in [-0.2, -0.15) is 0 Å². The molecular weight excluding hydrogens is 418 g/mol. The first-order valence-electron chi connectivity index (χ1n) is 12.3. The Bertz CT molecular complexity index is 978. The van der Waals surface area contributed by atoms with Crippen molar-refractivity contribution in [2.75, 3.05) is 13.7 Å². The number of rotatable bonds is 5. The first kappa shape index (κ1) is 22.3. The van der Waals surface area contributed by atoms with Crippen LogP contribution in [-0.4, -0.2) is 42.6 Å². The van der Waals surface area contributed by atoms with Crippen molar-refractivity contribution < 1.29 is 14.3 Å². The predicted octanol–water partition coefficient (Wildman–Crippen LogP) is 4.12. The fraction of sp³-hybridized carbons (Fsp3) is 0.680. The van der Waals surface area contributed by atoms with Crippen LogP contribution in [0, 0.1) is 11.3 Å². The van der Waals surface area contributed by atoms with Crippen LogP contribution < -0.4 is 10.6 Å². The summed E-state index contributed by atoms with van der Waals surface area (Å²) < 4.78 is 11.8. The van der Waals surface area contributed by atoms with Gasteiger partial charge in [-0.1, -0.05) is 22.8 Å². The topological polar surface area (TPSA) is 102 Å². The van der Waals surface area contributed by atoms with E-state index in [0.29, 0.717) is 11.9 Å². The van der Waals surface area contributed by atoms with Gasteiger partial charge in [0.15, 0.2) is 5.54 Å². The van der Waals surface area contributed by atoms with Crippen molar-refractivity contribution in [2.24, 2.45) is 32.5 Å². The molecule has 1 atom stereocenters. The van der Waals surface area contributed by atoms with E-state index in [1.54, 1.807) is 12.0 Å². The first-order valence-corrected chi connectivity index (χ1v) is 12.3. The Morgan fingerprint density at radius 3 is 2.61 bits per heavy atom. The number of nitrogens with zero attached hydrogens (tertiary/aromatic N) is 4. The summed E-state index contributed by atoms with van der Waals surface area (Å²) in [6.45, 7) is 4.68. The fourth-order valence-corrected chi connectivity index (χ4v) is 6.33. The summed E-state index contributed by atoms with van der Waals surface area (Å²) >= 11 is 0. The number of aliphatic imine (C=N–C) groups is 1. The number of benzene rings is 1. The largest absolute Gasteiger partial charge is 0.493 e. The van der Waals surface area contributed by atoms with Gasteiger partial charge in [-0.15, -0.1) is 0 Å². The van der Waals surface area contributed by atoms with E-state index in [2.05, 4.69) is 28.5 Å². The molecule has 0 aromatic heterocycles. The second kappa shape index (κ2) is 8.38. The molecule has 1 aliphatic heterocycles. The van der Waals surface area contributed by atoms with Crippen molar-refractivity contribution in [1.29, 1.82) is 0 Å². The monoisotopic (exact) mass is 453 g/mol. The predicted molar refractivity (Wildman–Crippen MR) is 125 cm³/mol. The number of hydrogen-bond acceptors (Lipinski definition) is 6. The lowest BCUT2D eigenvalue weighted by atomic mass is 9.61. The van der Waals surface area contributed by atoms with Gasteiger partial charge in [0.05, 0.1) is 12.7 Å². The first-order chi connectivity index (χ1) is 15.9. The molecule has 0 radical (unpaired) electrons. The lowest BCUT2D eigenvalue weighted by molar-refractivity contribution is -0.139. The van der Waals surface area contributed by atoms with Crippen molar-refractivity contribution in [3.63, 3.8) is 0 Å². The Kier molecular flexibility index (Phi) is 5.67. The highest BCUT2D eigenvalue weighted by Crippen LogP contribution is 2.62. The van der Waals surface area contributed by atoms with E-state index in [1.807, 2.05) is 13.8 Å². The summed E-state index contributed by atoms with van der Waals surface area (Å²) in [5.74, 6) is 7.16. The van der Waals surface area contributed by atoms with Crippen LogP contribution in [0.15, 0.2) is 33.5 Å². The normalized spacial score (nSPS) is 31.6. The maximum absolute atomic E-state index is 14.3. The number of nitrogens with two attached hydrogens (primary N) is 1. The van der Waals surface area contributed by atoms with E-state index < -0.39 is 5.54 Å². The van der Waals surface area contributed by atoms with Crippen molar-refractivity contribution in [3.8, 4) is 5.75 Å². The van der Waals surface area contributed by atoms with Crippen molar-refractivity contribution in [2.45, 2.75) is 82.9 Å². The van der Waals surface area contributed by atoms with Crippen LogP contribution in [0.4, 0.5) is 0 Å². The molecular formula is C25H35N5O3. The average molecular weight is 454 g/mol. The zero-order valence-electron chi connectivity index (χ0n) is 19.9. The summed E-state index contributed by atoms with van der Waals surface area (Å²) in [5.41, 5.74) is 0.800. The van der Waals surface area contributed by atoms with Crippen LogP contribution in [0.5, 0.6) is 5.75 Å². The Labute approximate surface area is 195 Å². The van der Waals surface area contributed by atoms with E-state index in [9.17, 15) is 4.79 Å². The van der Waals surface area contributed by atoms with Crippen molar-refractivity contribution in [1.82, 2.24) is 4.90 Å². The van der Waals surface area contributed by atoms with Gasteiger partial charge in [0.1, 0.15) is 5.75 Å². The number of methoxy groups -OCH3 is 1. The van der Waals surface area contributed by atoms with Gasteiger partial charge in [0, 0.05) is 18.6 Å². The standard InChI is InChI=1S/C25H35N5O3/c1-16(2)30-22(31)25(27-23(30)28-29-26)21-13-20(33-15-17-5-4-6-17)8-7-18(21)14-24(25)11-9-19(32-3)10-12-24/h7-8,13,16-17,19H,4-6,9-12,14-15H2,1-3H3,(H2,26,27,28)/t19-,24-,25?. The molecule has 1 unspecified atom stereocenters. The average Bonchev–Trinajstić information content (AvgIpc) is 3.21. The molecule has 178 valence electrons. The van der Waals surface area contributed by atoms with Gasteiger partial charge in [0.2, 0.25) is 0 Å². The fourth-order valence-electron chi connectivity index (χ4n) is 6.33. The summed E-state index contributed by atoms with van der Waals surface area (Å²) in [5, 5.41) is 7.57. The molecule has 2 saturated carbocycles. The van der Waals surface area contributed by atoms with E-state index in [1.165, 1.54) is 24.8 Å². The molecule has 3 aliphatic carbocycles. The van der Waals surface area contributed by atoms with Crippen LogP contribution in [0.25, 0.3) is 0 Å². The Morgan fingerprint density at radius 2 is 2.00 bits per heavy atom. The molecule has 2 fully saturated rings. The molecule has 5 rings (SSSR count). The number of hydrogen-bond donors (Lipinski definition) is 1. The summed E-state index contributed by atoms with van der Waals surface area (Å²) in [6, 6.07) is 6.15. The molecule has 33 heavy (non-hydrogen) atoms. The van der Waals surface area contributed by atoms with E-state index in [0.717, 1.165) is 50.0 Å². The Balaban J connectivity index is 1.60. The van der Waals surface area contributed by atoms with Crippen LogP contribution in [0.1, 0.15) is 69.9 Å². The number of guanidine groups is 1. The van der Waals surface area contributed by atoms with E-state index >= 15 is 0 Å². The van der Waals surface area contributed by atoms with Gasteiger partial charge < -0.3 is 15.3 Å². The van der Waals surface area contributed by atoms with Crippen LogP contribution >= 0.6 is 0 Å². The molecule has 8 nitrogen and oxygen atoms in total. The maximum Gasteiger partial charge on any atom is 0.262 e. The number of carbonyl (C=O) groups is 1. The lowest BCUT2D eigenvalue weighted by Crippen LogP contribution is -2.53. The minimum Gasteiger partial charge on any atom is -0.493 e. The highest BCUT2D eigenvalue weighted by molar-refractivity contribution is 6.09. The zero-order valence-corrected chi connectivity index (χ0v) is 19.9. The molecule has 1 amide bonds. The number of ether oxygens (including phenoxy) is 2. The smallest absolute Gasteiger partial charge is 0.262 e. The number of fused-ring (bicyclic) bond motifs is 3. The van der Waals surface area contributed by atoms with E-state index in [4.69, 9.17) is 20.3 Å². The molecule has 1 heterocycles. The molecule has 1 aromatic rings. The Morgan fingerprint density at radius 1 is 1.24 bits per heavy atom. The molecule has 4 aliphatic rings. The molecule has 2 spiro atoms. The molecule has 1 aromatic carbocycles. The maximum atomic E-state index is 14.3. The second-order valence-electron chi connectivity index (χ2n) is 10.4. The highest BCUT2D eigenvalue weighted by Gasteiger charge is 2.67. The van der Waals surface area contributed by atoms with Crippen LogP contribution in [0.3, 0.4) is 0 Å². The van der Waals surface area contributed by atoms with Crippen LogP contribution in [0.2, 0.25) is 0 Å². The van der Waals surface area contributed by atoms with Gasteiger partial charge in [0.25, 0.3) is 11.9 Å². The minimum atomic E-state index is -1.02. The lowest BCUT2D eigenvalue weighted by Gasteiger charge is -2.45. The molecule has 0 bridgehead atoms. The highest BCUT2D eigenvalue weighted by atomic mass is 16.5. The van der Waals surface area contributed by atoms with Gasteiger partial charge in [-0.05, 0) is 88.0 Å². The SMILES string of the molecule is CO[C@H]1CC[C@]2(CC1)Cc1ccc(OCC3CCC3)cc1C21N=C(N=NN)N(C(C)C)C1=O. The summed E-state index contributed by atoms with van der Waals surface area (Å²) in [6.07, 6.45) is 8.36. The van der Waals surface area contributed by atoms with E-state index in [-0.39, 0.29) is 23.5 Å². The third-order valence-electron chi connectivity index (χ3n) is 8.38. The minimum absolute atomic E-state index is 0.0225. The number of amides is 1. The number of carbonyl (C=O) groups excluding carboxylic acids is 1. The molecule has 8 heteroatoms. The molecule has 0 saturated heterocycles. The van der Waals surface area contributed by atoms with Gasteiger partial charge >= 0.3 is 0 Å². The van der Waals surface area contributed by atoms with Crippen LogP contribution in [-0.2, 0) is 21.5 Å². The van der Waals surface area contributed by atoms with Gasteiger partial charge in [-0.3, -0.25) is 9.69 Å². The second-order valence-corrected chi connectivity index (χ2v) is 10.4. The Hall–Kier alpha value is -2.48.